The molecule has 2 aromatic heterocycles. The summed E-state index contributed by atoms with van der Waals surface area (Å²) in [6.45, 7) is 5.67. The number of aryl methyl sites for hydroxylation is 2. The second-order valence-electron chi connectivity index (χ2n) is 6.46. The van der Waals surface area contributed by atoms with Gasteiger partial charge < -0.3 is 15.2 Å². The van der Waals surface area contributed by atoms with Crippen LogP contribution in [0.5, 0.6) is 0 Å². The third-order valence-electron chi connectivity index (χ3n) is 4.21. The Hall–Kier alpha value is -2.72. The number of rotatable bonds is 7. The van der Waals surface area contributed by atoms with E-state index in [1.807, 2.05) is 44.2 Å². The number of nitrogens with one attached hydrogen (secondary N) is 2. The Labute approximate surface area is 177 Å². The zero-order valence-corrected chi connectivity index (χ0v) is 18.2. The first-order chi connectivity index (χ1) is 13.8. The molecule has 0 saturated carbocycles. The van der Waals surface area contributed by atoms with Crippen LogP contribution in [0.2, 0.25) is 0 Å². The molecule has 152 valence electrons. The van der Waals surface area contributed by atoms with E-state index in [1.165, 1.54) is 23.1 Å². The SMILES string of the molecule is Cc1nc(NC(=O)[C@@H](C)Sc2nnc(CC(=O)Nc3ccccc3)n2C)sc1C. The fraction of sp³-hybridized carbons (Fsp3) is 0.316. The number of hydrogen-bond donors (Lipinski definition) is 2. The largest absolute Gasteiger partial charge is 0.326 e. The van der Waals surface area contributed by atoms with E-state index in [-0.39, 0.29) is 18.2 Å². The van der Waals surface area contributed by atoms with Crippen molar-refractivity contribution in [2.75, 3.05) is 10.6 Å². The molecule has 3 aromatic rings. The van der Waals surface area contributed by atoms with E-state index < -0.39 is 5.25 Å². The number of carbonyl (C=O) groups excluding carboxylic acids is 2. The summed E-state index contributed by atoms with van der Waals surface area (Å²) in [7, 11) is 1.78. The predicted molar refractivity (Wildman–Crippen MR) is 115 cm³/mol. The molecule has 1 atom stereocenters. The molecule has 2 N–H and O–H groups in total. The number of thiazole rings is 1. The highest BCUT2D eigenvalue weighted by Crippen LogP contribution is 2.25. The van der Waals surface area contributed by atoms with Gasteiger partial charge in [0.05, 0.1) is 17.4 Å². The minimum absolute atomic E-state index is 0.0944. The molecular weight excluding hydrogens is 408 g/mol. The number of anilines is 2. The van der Waals surface area contributed by atoms with Crippen LogP contribution >= 0.6 is 23.1 Å². The number of thioether (sulfide) groups is 1. The van der Waals surface area contributed by atoms with E-state index >= 15 is 0 Å². The van der Waals surface area contributed by atoms with Gasteiger partial charge in [-0.15, -0.1) is 21.5 Å². The molecule has 0 fully saturated rings. The molecule has 0 saturated heterocycles. The maximum absolute atomic E-state index is 12.4. The zero-order chi connectivity index (χ0) is 21.0. The number of aromatic nitrogens is 4. The lowest BCUT2D eigenvalue weighted by Gasteiger charge is -2.10. The van der Waals surface area contributed by atoms with Crippen molar-refractivity contribution in [1.82, 2.24) is 19.7 Å². The molecule has 10 heteroatoms. The summed E-state index contributed by atoms with van der Waals surface area (Å²) in [6.07, 6.45) is 0.0944. The van der Waals surface area contributed by atoms with E-state index in [1.54, 1.807) is 18.5 Å². The average molecular weight is 431 g/mol. The van der Waals surface area contributed by atoms with Gasteiger partial charge in [0.15, 0.2) is 10.3 Å². The van der Waals surface area contributed by atoms with Gasteiger partial charge in [-0.25, -0.2) is 4.98 Å². The van der Waals surface area contributed by atoms with Gasteiger partial charge >= 0.3 is 0 Å². The Morgan fingerprint density at radius 1 is 1.17 bits per heavy atom. The number of benzene rings is 1. The molecule has 0 unspecified atom stereocenters. The third-order valence-corrected chi connectivity index (χ3v) is 6.33. The molecule has 0 aliphatic rings. The molecule has 0 aliphatic carbocycles. The van der Waals surface area contributed by atoms with Gasteiger partial charge in [-0.3, -0.25) is 9.59 Å². The standard InChI is InChI=1S/C19H22N6O2S2/c1-11-12(2)28-18(20-11)22-17(27)13(3)29-19-24-23-15(25(19)4)10-16(26)21-14-8-6-5-7-9-14/h5-9,13H,10H2,1-4H3,(H,21,26)(H,20,22,27)/t13-/m1/s1. The Morgan fingerprint density at radius 3 is 2.55 bits per heavy atom. The van der Waals surface area contributed by atoms with Crippen molar-refractivity contribution in [2.45, 2.75) is 37.6 Å². The molecule has 1 aromatic carbocycles. The molecule has 0 aliphatic heterocycles. The zero-order valence-electron chi connectivity index (χ0n) is 16.6. The van der Waals surface area contributed by atoms with Gasteiger partial charge in [0.2, 0.25) is 11.8 Å². The van der Waals surface area contributed by atoms with Crippen molar-refractivity contribution < 1.29 is 9.59 Å². The lowest BCUT2D eigenvalue weighted by molar-refractivity contribution is -0.116. The number of amides is 2. The number of carbonyl (C=O) groups is 2. The van der Waals surface area contributed by atoms with E-state index in [2.05, 4.69) is 25.8 Å². The normalized spacial score (nSPS) is 11.9. The predicted octanol–water partition coefficient (Wildman–Crippen LogP) is 3.19. The van der Waals surface area contributed by atoms with Crippen LogP contribution < -0.4 is 10.6 Å². The second-order valence-corrected chi connectivity index (χ2v) is 8.97. The van der Waals surface area contributed by atoms with Crippen molar-refractivity contribution in [2.24, 2.45) is 7.05 Å². The molecule has 29 heavy (non-hydrogen) atoms. The summed E-state index contributed by atoms with van der Waals surface area (Å²) in [6, 6.07) is 9.24. The number of nitrogens with zero attached hydrogens (tertiary/aromatic N) is 4. The van der Waals surface area contributed by atoms with Crippen LogP contribution in [-0.2, 0) is 23.1 Å². The molecule has 0 spiro atoms. The van der Waals surface area contributed by atoms with E-state index in [0.29, 0.717) is 16.1 Å². The van der Waals surface area contributed by atoms with E-state index in [9.17, 15) is 9.59 Å². The van der Waals surface area contributed by atoms with Gasteiger partial charge in [-0.2, -0.15) is 0 Å². The Kier molecular flexibility index (Phi) is 6.65. The van der Waals surface area contributed by atoms with Gasteiger partial charge in [0, 0.05) is 17.6 Å². The van der Waals surface area contributed by atoms with E-state index in [0.717, 1.165) is 16.3 Å². The van der Waals surface area contributed by atoms with E-state index in [4.69, 9.17) is 0 Å². The highest BCUT2D eigenvalue weighted by molar-refractivity contribution is 8.00. The molecular formula is C19H22N6O2S2. The maximum Gasteiger partial charge on any atom is 0.239 e. The summed E-state index contributed by atoms with van der Waals surface area (Å²) in [5, 5.41) is 14.7. The highest BCUT2D eigenvalue weighted by Gasteiger charge is 2.21. The van der Waals surface area contributed by atoms with Crippen LogP contribution in [0.15, 0.2) is 35.5 Å². The van der Waals surface area contributed by atoms with Crippen LogP contribution in [0.4, 0.5) is 10.8 Å². The summed E-state index contributed by atoms with van der Waals surface area (Å²) in [5.74, 6) is 0.193. The van der Waals surface area contributed by atoms with Crippen molar-refractivity contribution >= 4 is 45.7 Å². The van der Waals surface area contributed by atoms with Gasteiger partial charge in [-0.05, 0) is 32.9 Å². The van der Waals surface area contributed by atoms with Crippen LogP contribution in [-0.4, -0.2) is 36.8 Å². The smallest absolute Gasteiger partial charge is 0.239 e. The first kappa shape index (κ1) is 21.0. The molecule has 8 nitrogen and oxygen atoms in total. The monoisotopic (exact) mass is 430 g/mol. The van der Waals surface area contributed by atoms with Crippen LogP contribution in [0, 0.1) is 13.8 Å². The molecule has 0 bridgehead atoms. The van der Waals surface area contributed by atoms with Crippen molar-refractivity contribution in [1.29, 1.82) is 0 Å². The fourth-order valence-electron chi connectivity index (χ4n) is 2.42. The van der Waals surface area contributed by atoms with Crippen molar-refractivity contribution in [3.63, 3.8) is 0 Å². The second kappa shape index (κ2) is 9.19. The molecule has 2 amide bonds. The minimum Gasteiger partial charge on any atom is -0.326 e. The summed E-state index contributed by atoms with van der Waals surface area (Å²) in [4.78, 5) is 30.1. The number of para-hydroxylation sites is 1. The maximum atomic E-state index is 12.4. The number of hydrogen-bond acceptors (Lipinski definition) is 7. The van der Waals surface area contributed by atoms with Crippen molar-refractivity contribution in [3.05, 3.63) is 46.7 Å². The molecule has 2 heterocycles. The van der Waals surface area contributed by atoms with Gasteiger partial charge in [0.25, 0.3) is 0 Å². The van der Waals surface area contributed by atoms with Crippen molar-refractivity contribution in [3.8, 4) is 0 Å². The molecule has 0 radical (unpaired) electrons. The Balaban J connectivity index is 1.58. The topological polar surface area (TPSA) is 102 Å². The summed E-state index contributed by atoms with van der Waals surface area (Å²) < 4.78 is 1.73. The Morgan fingerprint density at radius 2 is 1.90 bits per heavy atom. The minimum atomic E-state index is -0.395. The quantitative estimate of drug-likeness (QED) is 0.558. The Bertz CT molecular complexity index is 996. The first-order valence-corrected chi connectivity index (χ1v) is 10.7. The highest BCUT2D eigenvalue weighted by atomic mass is 32.2. The van der Waals surface area contributed by atoms with Gasteiger partial charge in [0.1, 0.15) is 5.82 Å². The average Bonchev–Trinajstić information content (AvgIpc) is 3.18. The van der Waals surface area contributed by atoms with Crippen LogP contribution in [0.1, 0.15) is 23.3 Å². The lowest BCUT2D eigenvalue weighted by Crippen LogP contribution is -2.23. The van der Waals surface area contributed by atoms with Crippen LogP contribution in [0.3, 0.4) is 0 Å². The third kappa shape index (κ3) is 5.42. The lowest BCUT2D eigenvalue weighted by atomic mass is 10.3. The summed E-state index contributed by atoms with van der Waals surface area (Å²) in [5.41, 5.74) is 1.64. The molecule has 3 rings (SSSR count). The summed E-state index contributed by atoms with van der Waals surface area (Å²) >= 11 is 2.73. The fourth-order valence-corrected chi connectivity index (χ4v) is 4.07. The van der Waals surface area contributed by atoms with Crippen LogP contribution in [0.25, 0.3) is 0 Å². The van der Waals surface area contributed by atoms with Gasteiger partial charge in [-0.1, -0.05) is 30.0 Å². The first-order valence-electron chi connectivity index (χ1n) is 8.98.